The summed E-state index contributed by atoms with van der Waals surface area (Å²) < 4.78 is 5.62. The maximum absolute atomic E-state index is 9.96. The first-order valence-corrected chi connectivity index (χ1v) is 10.3. The van der Waals surface area contributed by atoms with Crippen LogP contribution in [0, 0.1) is 5.41 Å². The third-order valence-electron chi connectivity index (χ3n) is 6.14. The molecule has 0 atom stereocenters. The summed E-state index contributed by atoms with van der Waals surface area (Å²) in [6.07, 6.45) is 8.28. The van der Waals surface area contributed by atoms with Crippen LogP contribution in [0.5, 0.6) is 0 Å². The lowest BCUT2D eigenvalue weighted by Crippen LogP contribution is -2.41. The normalized spacial score (nSPS) is 18.6. The summed E-state index contributed by atoms with van der Waals surface area (Å²) in [7, 11) is 0. The van der Waals surface area contributed by atoms with Crippen molar-refractivity contribution in [2.24, 2.45) is 5.41 Å². The Morgan fingerprint density at radius 1 is 1.10 bits per heavy atom. The summed E-state index contributed by atoms with van der Waals surface area (Å²) in [5.74, 6) is 0.752. The molecule has 0 unspecified atom stereocenters. The predicted molar refractivity (Wildman–Crippen MR) is 111 cm³/mol. The molecular formula is C21H22ClN5O2. The van der Waals surface area contributed by atoms with Crippen LogP contribution in [-0.4, -0.2) is 51.3 Å². The minimum Gasteiger partial charge on any atom is -0.390 e. The highest BCUT2D eigenvalue weighted by Gasteiger charge is 2.38. The van der Waals surface area contributed by atoms with Gasteiger partial charge in [-0.1, -0.05) is 11.6 Å². The van der Waals surface area contributed by atoms with Crippen molar-refractivity contribution in [2.75, 3.05) is 31.2 Å². The van der Waals surface area contributed by atoms with E-state index in [-0.39, 0.29) is 6.61 Å². The number of anilines is 1. The van der Waals surface area contributed by atoms with Crippen molar-refractivity contribution in [3.05, 3.63) is 41.4 Å². The third-order valence-corrected chi connectivity index (χ3v) is 6.52. The van der Waals surface area contributed by atoms with Gasteiger partial charge in [0.25, 0.3) is 0 Å². The van der Waals surface area contributed by atoms with Gasteiger partial charge in [0.05, 0.1) is 35.6 Å². The van der Waals surface area contributed by atoms with Gasteiger partial charge < -0.3 is 14.7 Å². The van der Waals surface area contributed by atoms with E-state index in [0.29, 0.717) is 27.3 Å². The molecule has 0 aliphatic carbocycles. The summed E-state index contributed by atoms with van der Waals surface area (Å²) in [5.41, 5.74) is 3.59. The van der Waals surface area contributed by atoms with E-state index in [2.05, 4.69) is 24.8 Å². The molecule has 1 N–H and O–H groups in total. The zero-order valence-corrected chi connectivity index (χ0v) is 16.8. The third kappa shape index (κ3) is 3.33. The average Bonchev–Trinajstić information content (AvgIpc) is 3.22. The summed E-state index contributed by atoms with van der Waals surface area (Å²) in [5, 5.41) is 10.5. The molecule has 0 bridgehead atoms. The molecule has 5 rings (SSSR count). The molecule has 2 aliphatic rings. The number of aliphatic hydroxyl groups excluding tert-OH is 1. The molecule has 2 fully saturated rings. The van der Waals surface area contributed by atoms with Gasteiger partial charge in [0.15, 0.2) is 5.82 Å². The summed E-state index contributed by atoms with van der Waals surface area (Å²) in [6.45, 7) is 3.36. The Labute approximate surface area is 173 Å². The van der Waals surface area contributed by atoms with Crippen LogP contribution in [-0.2, 0) is 11.3 Å². The minimum atomic E-state index is -0.175. The lowest BCUT2D eigenvalue weighted by molar-refractivity contribution is 0.133. The zero-order chi connectivity index (χ0) is 19.8. The molecule has 7 nitrogen and oxygen atoms in total. The number of hydrogen-bond donors (Lipinski definition) is 1. The molecule has 2 aromatic heterocycles. The number of rotatable bonds is 3. The van der Waals surface area contributed by atoms with Crippen molar-refractivity contribution in [2.45, 2.75) is 25.9 Å². The van der Waals surface area contributed by atoms with E-state index in [0.717, 1.165) is 62.5 Å². The fraction of sp³-hybridized carbons (Fsp3) is 0.429. The second-order valence-corrected chi connectivity index (χ2v) is 8.20. The Morgan fingerprint density at radius 3 is 2.69 bits per heavy atom. The first-order chi connectivity index (χ1) is 14.2. The fourth-order valence-corrected chi connectivity index (χ4v) is 4.66. The number of benzene rings is 1. The topological polar surface area (TPSA) is 84.3 Å². The quantitative estimate of drug-likeness (QED) is 0.708. The lowest BCUT2D eigenvalue weighted by Gasteiger charge is -2.39. The van der Waals surface area contributed by atoms with E-state index in [9.17, 15) is 5.11 Å². The van der Waals surface area contributed by atoms with Crippen LogP contribution < -0.4 is 4.90 Å². The van der Waals surface area contributed by atoms with Gasteiger partial charge in [-0.15, -0.1) is 0 Å². The first kappa shape index (κ1) is 18.7. The molecule has 150 valence electrons. The van der Waals surface area contributed by atoms with E-state index in [4.69, 9.17) is 16.3 Å². The van der Waals surface area contributed by atoms with Gasteiger partial charge in [-0.05, 0) is 36.8 Å². The molecule has 2 aliphatic heterocycles. The number of hydrogen-bond acceptors (Lipinski definition) is 7. The monoisotopic (exact) mass is 411 g/mol. The number of halogens is 1. The van der Waals surface area contributed by atoms with Crippen molar-refractivity contribution in [3.63, 3.8) is 0 Å². The van der Waals surface area contributed by atoms with Gasteiger partial charge in [0.2, 0.25) is 0 Å². The number of fused-ring (bicyclic) bond motifs is 1. The summed E-state index contributed by atoms with van der Waals surface area (Å²) in [4.78, 5) is 20.2. The highest BCUT2D eigenvalue weighted by molar-refractivity contribution is 6.37. The molecule has 1 aromatic carbocycles. The Balaban J connectivity index is 1.45. The van der Waals surface area contributed by atoms with Crippen molar-refractivity contribution in [1.82, 2.24) is 19.9 Å². The molecule has 0 radical (unpaired) electrons. The standard InChI is InChI=1S/C21H22ClN5O2/c22-18-14(1-2-15-19(18)24-7-6-23-15)16-11-25-20(17(12-28)26-16)27-8-3-21(4-9-27)5-10-29-13-21/h1-2,6-7,11,28H,3-5,8-10,12-13H2. The molecular weight excluding hydrogens is 390 g/mol. The largest absolute Gasteiger partial charge is 0.390 e. The van der Waals surface area contributed by atoms with Crippen LogP contribution in [0.1, 0.15) is 25.0 Å². The van der Waals surface area contributed by atoms with Crippen LogP contribution in [0.3, 0.4) is 0 Å². The van der Waals surface area contributed by atoms with Gasteiger partial charge in [0, 0.05) is 37.7 Å². The van der Waals surface area contributed by atoms with E-state index in [1.165, 1.54) is 0 Å². The average molecular weight is 412 g/mol. The van der Waals surface area contributed by atoms with E-state index in [1.807, 2.05) is 12.1 Å². The fourth-order valence-electron chi connectivity index (χ4n) is 4.36. The highest BCUT2D eigenvalue weighted by Crippen LogP contribution is 2.40. The number of aromatic nitrogens is 4. The first-order valence-electron chi connectivity index (χ1n) is 9.88. The van der Waals surface area contributed by atoms with Crippen LogP contribution in [0.2, 0.25) is 5.02 Å². The highest BCUT2D eigenvalue weighted by atomic mass is 35.5. The van der Waals surface area contributed by atoms with Gasteiger partial charge in [-0.25, -0.2) is 9.97 Å². The Kier molecular flexibility index (Phi) is 4.81. The van der Waals surface area contributed by atoms with Gasteiger partial charge in [-0.3, -0.25) is 9.97 Å². The van der Waals surface area contributed by atoms with Crippen LogP contribution in [0.4, 0.5) is 5.82 Å². The molecule has 1 spiro atoms. The Hall–Kier alpha value is -2.35. The van der Waals surface area contributed by atoms with Crippen LogP contribution in [0.25, 0.3) is 22.3 Å². The van der Waals surface area contributed by atoms with Crippen molar-refractivity contribution in [3.8, 4) is 11.3 Å². The second-order valence-electron chi connectivity index (χ2n) is 7.82. The van der Waals surface area contributed by atoms with E-state index < -0.39 is 0 Å². The van der Waals surface area contributed by atoms with Gasteiger partial charge >= 0.3 is 0 Å². The molecule has 0 amide bonds. The smallest absolute Gasteiger partial charge is 0.152 e. The van der Waals surface area contributed by atoms with Gasteiger partial charge in [0.1, 0.15) is 11.2 Å². The number of ether oxygens (including phenoxy) is 1. The van der Waals surface area contributed by atoms with E-state index >= 15 is 0 Å². The van der Waals surface area contributed by atoms with Gasteiger partial charge in [-0.2, -0.15) is 0 Å². The number of piperidine rings is 1. The molecule has 2 saturated heterocycles. The molecule has 29 heavy (non-hydrogen) atoms. The molecule has 8 heteroatoms. The predicted octanol–water partition coefficient (Wildman–Crippen LogP) is 3.24. The SMILES string of the molecule is OCc1nc(-c2ccc3nccnc3c2Cl)cnc1N1CCC2(CCOC2)CC1. The van der Waals surface area contributed by atoms with E-state index in [1.54, 1.807) is 18.6 Å². The molecule has 0 saturated carbocycles. The molecule has 3 aromatic rings. The Morgan fingerprint density at radius 2 is 1.93 bits per heavy atom. The maximum atomic E-state index is 9.96. The number of aliphatic hydroxyl groups is 1. The second kappa shape index (κ2) is 7.48. The summed E-state index contributed by atoms with van der Waals surface area (Å²) in [6, 6.07) is 3.74. The lowest BCUT2D eigenvalue weighted by atomic mass is 9.78. The van der Waals surface area contributed by atoms with Crippen LogP contribution >= 0.6 is 11.6 Å². The maximum Gasteiger partial charge on any atom is 0.152 e. The van der Waals surface area contributed by atoms with Crippen molar-refractivity contribution in [1.29, 1.82) is 0 Å². The number of nitrogens with zero attached hydrogens (tertiary/aromatic N) is 5. The zero-order valence-electron chi connectivity index (χ0n) is 16.0. The Bertz CT molecular complexity index is 1040. The van der Waals surface area contributed by atoms with Crippen molar-refractivity contribution < 1.29 is 9.84 Å². The van der Waals surface area contributed by atoms with Crippen LogP contribution in [0.15, 0.2) is 30.7 Å². The minimum absolute atomic E-state index is 0.175. The molecule has 4 heterocycles. The van der Waals surface area contributed by atoms with Crippen molar-refractivity contribution >= 4 is 28.5 Å². The summed E-state index contributed by atoms with van der Waals surface area (Å²) >= 11 is 6.57.